The van der Waals surface area contributed by atoms with Crippen molar-refractivity contribution >= 4 is 11.9 Å². The van der Waals surface area contributed by atoms with Crippen LogP contribution in [0.2, 0.25) is 0 Å². The summed E-state index contributed by atoms with van der Waals surface area (Å²) in [6, 6.07) is 0. The average molecular weight is 635 g/mol. The van der Waals surface area contributed by atoms with E-state index in [1.807, 2.05) is 0 Å². The fraction of sp³-hybridized carbons (Fsp3) is 0.850. The summed E-state index contributed by atoms with van der Waals surface area (Å²) in [6.07, 6.45) is 42.3. The van der Waals surface area contributed by atoms with E-state index in [0.29, 0.717) is 12.8 Å². The van der Waals surface area contributed by atoms with Gasteiger partial charge in [-0.2, -0.15) is 0 Å². The van der Waals surface area contributed by atoms with E-state index in [0.717, 1.165) is 51.4 Å². The molecule has 0 spiro atoms. The summed E-state index contributed by atoms with van der Waals surface area (Å²) in [7, 11) is 0. The van der Waals surface area contributed by atoms with Gasteiger partial charge in [0.2, 0.25) is 0 Å². The average Bonchev–Trinajstić information content (AvgIpc) is 3.04. The van der Waals surface area contributed by atoms with Gasteiger partial charge >= 0.3 is 11.9 Å². The SMILES string of the molecule is CCCCC/C=C\C/C=C\CCCCCCCCCC(=O)O[C@@H](CO)COC(=O)CCCCCCCCCCCCCCCC. The van der Waals surface area contributed by atoms with Gasteiger partial charge in [0.1, 0.15) is 6.61 Å². The van der Waals surface area contributed by atoms with Gasteiger partial charge in [0, 0.05) is 12.8 Å². The van der Waals surface area contributed by atoms with Gasteiger partial charge in [0.05, 0.1) is 6.61 Å². The molecule has 0 saturated heterocycles. The molecule has 5 heteroatoms. The maximum Gasteiger partial charge on any atom is 0.306 e. The minimum Gasteiger partial charge on any atom is -0.462 e. The molecule has 45 heavy (non-hydrogen) atoms. The number of allylic oxidation sites excluding steroid dienone is 4. The van der Waals surface area contributed by atoms with Gasteiger partial charge in [0.25, 0.3) is 0 Å². The first-order valence-electron chi connectivity index (χ1n) is 19.4. The molecule has 0 aromatic rings. The van der Waals surface area contributed by atoms with Crippen LogP contribution >= 0.6 is 0 Å². The molecular weight excluding hydrogens is 560 g/mol. The number of carbonyl (C=O) groups excluding carboxylic acids is 2. The summed E-state index contributed by atoms with van der Waals surface area (Å²) in [5.41, 5.74) is 0. The van der Waals surface area contributed by atoms with Crippen molar-refractivity contribution in [2.24, 2.45) is 0 Å². The third-order valence-electron chi connectivity index (χ3n) is 8.50. The number of aliphatic hydroxyl groups excluding tert-OH is 1. The number of esters is 2. The third kappa shape index (κ3) is 35.1. The number of hydrogen-bond donors (Lipinski definition) is 1. The number of carbonyl (C=O) groups is 2. The van der Waals surface area contributed by atoms with Crippen molar-refractivity contribution in [3.05, 3.63) is 24.3 Å². The molecule has 0 unspecified atom stereocenters. The van der Waals surface area contributed by atoms with Crippen LogP contribution in [0.1, 0.15) is 200 Å². The molecule has 0 rings (SSSR count). The second kappa shape index (κ2) is 36.8. The van der Waals surface area contributed by atoms with Crippen LogP contribution in [0, 0.1) is 0 Å². The monoisotopic (exact) mass is 635 g/mol. The van der Waals surface area contributed by atoms with Gasteiger partial charge in [-0.1, -0.05) is 167 Å². The quantitative estimate of drug-likeness (QED) is 0.0426. The van der Waals surface area contributed by atoms with E-state index in [4.69, 9.17) is 9.47 Å². The first kappa shape index (κ1) is 43.4. The van der Waals surface area contributed by atoms with Crippen LogP contribution in [0.5, 0.6) is 0 Å². The van der Waals surface area contributed by atoms with Crippen LogP contribution in [0.15, 0.2) is 24.3 Å². The zero-order chi connectivity index (χ0) is 32.9. The van der Waals surface area contributed by atoms with Crippen LogP contribution < -0.4 is 0 Å². The highest BCUT2D eigenvalue weighted by Crippen LogP contribution is 2.14. The fourth-order valence-electron chi connectivity index (χ4n) is 5.53. The van der Waals surface area contributed by atoms with Gasteiger partial charge in [-0.3, -0.25) is 9.59 Å². The minimum absolute atomic E-state index is 0.0649. The summed E-state index contributed by atoms with van der Waals surface area (Å²) >= 11 is 0. The topological polar surface area (TPSA) is 72.8 Å². The molecule has 264 valence electrons. The number of aliphatic hydroxyl groups is 1. The third-order valence-corrected chi connectivity index (χ3v) is 8.50. The largest absolute Gasteiger partial charge is 0.462 e. The highest BCUT2D eigenvalue weighted by Gasteiger charge is 2.16. The maximum absolute atomic E-state index is 12.2. The van der Waals surface area contributed by atoms with E-state index in [1.165, 1.54) is 122 Å². The molecule has 0 aromatic heterocycles. The molecule has 0 fully saturated rings. The predicted octanol–water partition coefficient (Wildman–Crippen LogP) is 11.9. The summed E-state index contributed by atoms with van der Waals surface area (Å²) in [4.78, 5) is 24.2. The molecule has 0 aliphatic heterocycles. The minimum atomic E-state index is -0.770. The normalized spacial score (nSPS) is 12.3. The highest BCUT2D eigenvalue weighted by atomic mass is 16.6. The molecular formula is C40H74O5. The highest BCUT2D eigenvalue weighted by molar-refractivity contribution is 5.70. The second-order valence-corrected chi connectivity index (χ2v) is 13.0. The lowest BCUT2D eigenvalue weighted by molar-refractivity contribution is -0.161. The van der Waals surface area contributed by atoms with Crippen LogP contribution in [0.3, 0.4) is 0 Å². The molecule has 0 saturated carbocycles. The van der Waals surface area contributed by atoms with E-state index < -0.39 is 6.10 Å². The lowest BCUT2D eigenvalue weighted by Crippen LogP contribution is -2.28. The molecule has 1 N–H and O–H groups in total. The molecule has 0 aliphatic rings. The van der Waals surface area contributed by atoms with Gasteiger partial charge < -0.3 is 14.6 Å². The Hall–Kier alpha value is -1.62. The van der Waals surface area contributed by atoms with Crippen LogP contribution in [0.25, 0.3) is 0 Å². The molecule has 5 nitrogen and oxygen atoms in total. The van der Waals surface area contributed by atoms with E-state index in [1.54, 1.807) is 0 Å². The maximum atomic E-state index is 12.2. The van der Waals surface area contributed by atoms with Crippen molar-refractivity contribution in [2.75, 3.05) is 13.2 Å². The Kier molecular flexibility index (Phi) is 35.5. The summed E-state index contributed by atoms with van der Waals surface area (Å²) in [5, 5.41) is 9.54. The van der Waals surface area contributed by atoms with E-state index in [2.05, 4.69) is 38.2 Å². The van der Waals surface area contributed by atoms with Crippen molar-refractivity contribution in [3.8, 4) is 0 Å². The van der Waals surface area contributed by atoms with Crippen LogP contribution in [0.4, 0.5) is 0 Å². The Bertz CT molecular complexity index is 686. The molecule has 0 heterocycles. The number of rotatable bonds is 35. The van der Waals surface area contributed by atoms with Gasteiger partial charge in [0.15, 0.2) is 6.10 Å². The molecule has 1 atom stereocenters. The molecule has 0 bridgehead atoms. The van der Waals surface area contributed by atoms with Crippen molar-refractivity contribution in [1.29, 1.82) is 0 Å². The van der Waals surface area contributed by atoms with E-state index in [9.17, 15) is 14.7 Å². The lowest BCUT2D eigenvalue weighted by atomic mass is 10.0. The predicted molar refractivity (Wildman–Crippen MR) is 191 cm³/mol. The Morgan fingerprint density at radius 1 is 0.511 bits per heavy atom. The first-order valence-corrected chi connectivity index (χ1v) is 19.4. The van der Waals surface area contributed by atoms with Crippen molar-refractivity contribution < 1.29 is 24.2 Å². The van der Waals surface area contributed by atoms with Gasteiger partial charge in [-0.15, -0.1) is 0 Å². The second-order valence-electron chi connectivity index (χ2n) is 13.0. The Morgan fingerprint density at radius 3 is 1.36 bits per heavy atom. The smallest absolute Gasteiger partial charge is 0.306 e. The number of unbranched alkanes of at least 4 members (excludes halogenated alkanes) is 23. The molecule has 0 radical (unpaired) electrons. The number of hydrogen-bond acceptors (Lipinski definition) is 5. The fourth-order valence-corrected chi connectivity index (χ4v) is 5.53. The van der Waals surface area contributed by atoms with Crippen molar-refractivity contribution in [3.63, 3.8) is 0 Å². The standard InChI is InChI=1S/C40H74O5/c1-3-5-7-9-11-13-15-17-19-20-21-23-25-27-29-31-33-35-40(43)45-38(36-41)37-44-39(42)34-32-30-28-26-24-22-18-16-14-12-10-8-6-4-2/h11,13,17,19,38,41H,3-10,12,14-16,18,20-37H2,1-2H3/b13-11-,19-17-/t38-/m0/s1. The molecule has 0 aliphatic carbocycles. The van der Waals surface area contributed by atoms with Crippen LogP contribution in [-0.4, -0.2) is 36.4 Å². The lowest BCUT2D eigenvalue weighted by Gasteiger charge is -2.15. The summed E-state index contributed by atoms with van der Waals surface area (Å²) < 4.78 is 10.6. The molecule has 0 amide bonds. The summed E-state index contributed by atoms with van der Waals surface area (Å²) in [5.74, 6) is -0.593. The first-order chi connectivity index (χ1) is 22.1. The Morgan fingerprint density at radius 2 is 0.889 bits per heavy atom. The van der Waals surface area contributed by atoms with Gasteiger partial charge in [-0.25, -0.2) is 0 Å². The van der Waals surface area contributed by atoms with Crippen molar-refractivity contribution in [2.45, 2.75) is 206 Å². The summed E-state index contributed by atoms with van der Waals surface area (Å²) in [6.45, 7) is 4.11. The van der Waals surface area contributed by atoms with E-state index >= 15 is 0 Å². The van der Waals surface area contributed by atoms with E-state index in [-0.39, 0.29) is 25.2 Å². The number of ether oxygens (including phenoxy) is 2. The Balaban J connectivity index is 3.55. The van der Waals surface area contributed by atoms with Crippen LogP contribution in [-0.2, 0) is 19.1 Å². The zero-order valence-electron chi connectivity index (χ0n) is 29.9. The molecule has 0 aromatic carbocycles. The van der Waals surface area contributed by atoms with Crippen molar-refractivity contribution in [1.82, 2.24) is 0 Å². The zero-order valence-corrected chi connectivity index (χ0v) is 29.9. The van der Waals surface area contributed by atoms with Gasteiger partial charge in [-0.05, 0) is 44.9 Å². The Labute approximate surface area is 279 Å².